The smallest absolute Gasteiger partial charge is 0.249 e. The van der Waals surface area contributed by atoms with Gasteiger partial charge in [-0.2, -0.15) is 0 Å². The number of nitrogens with zero attached hydrogens (tertiary/aromatic N) is 1. The average Bonchev–Trinajstić information content (AvgIpc) is 2.27. The molecule has 1 aliphatic heterocycles. The Morgan fingerprint density at radius 3 is 2.80 bits per heavy atom. The summed E-state index contributed by atoms with van der Waals surface area (Å²) < 4.78 is 0. The second kappa shape index (κ2) is 5.31. The zero-order valence-corrected chi connectivity index (χ0v) is 9.99. The van der Waals surface area contributed by atoms with Crippen molar-refractivity contribution in [2.24, 2.45) is 11.7 Å². The predicted octanol–water partition coefficient (Wildman–Crippen LogP) is 1.54. The fraction of sp³-hybridized carbons (Fsp3) is 0.750. The summed E-state index contributed by atoms with van der Waals surface area (Å²) in [5.41, 5.74) is 6.72. The lowest BCUT2D eigenvalue weighted by molar-refractivity contribution is -0.128. The number of rotatable bonds is 2. The lowest BCUT2D eigenvalue weighted by atomic mass is 9.92. The van der Waals surface area contributed by atoms with Crippen LogP contribution in [0.25, 0.3) is 0 Å². The Kier molecular flexibility index (Phi) is 4.33. The van der Waals surface area contributed by atoms with Crippen LogP contribution >= 0.6 is 0 Å². The topological polar surface area (TPSA) is 46.3 Å². The van der Waals surface area contributed by atoms with Crippen LogP contribution in [0.2, 0.25) is 0 Å². The van der Waals surface area contributed by atoms with Crippen LogP contribution in [0.4, 0.5) is 0 Å². The van der Waals surface area contributed by atoms with Crippen molar-refractivity contribution < 1.29 is 4.79 Å². The first-order valence-corrected chi connectivity index (χ1v) is 5.74. The molecule has 1 amide bonds. The molecule has 0 unspecified atom stereocenters. The average molecular weight is 210 g/mol. The fourth-order valence-corrected chi connectivity index (χ4v) is 2.00. The quantitative estimate of drug-likeness (QED) is 0.703. The number of piperidine rings is 1. The van der Waals surface area contributed by atoms with Gasteiger partial charge in [0.05, 0.1) is 0 Å². The first-order valence-electron chi connectivity index (χ1n) is 5.74. The molecule has 0 bridgehead atoms. The van der Waals surface area contributed by atoms with Crippen LogP contribution in [-0.2, 0) is 4.79 Å². The van der Waals surface area contributed by atoms with Crippen molar-refractivity contribution in [1.29, 1.82) is 0 Å². The summed E-state index contributed by atoms with van der Waals surface area (Å²) in [5, 5.41) is 0. The van der Waals surface area contributed by atoms with E-state index in [0.29, 0.717) is 5.92 Å². The van der Waals surface area contributed by atoms with E-state index in [4.69, 9.17) is 5.73 Å². The van der Waals surface area contributed by atoms with E-state index in [9.17, 15) is 4.79 Å². The summed E-state index contributed by atoms with van der Waals surface area (Å²) in [7, 11) is 0. The van der Waals surface area contributed by atoms with Crippen LogP contribution in [0.5, 0.6) is 0 Å². The summed E-state index contributed by atoms with van der Waals surface area (Å²) in [6.45, 7) is 7.51. The summed E-state index contributed by atoms with van der Waals surface area (Å²) in [6, 6.07) is 0.187. The van der Waals surface area contributed by atoms with Gasteiger partial charge in [0.1, 0.15) is 0 Å². The maximum Gasteiger partial charge on any atom is 0.249 e. The highest BCUT2D eigenvalue weighted by atomic mass is 16.2. The van der Waals surface area contributed by atoms with Gasteiger partial charge in [-0.15, -0.1) is 0 Å². The molecule has 1 heterocycles. The van der Waals surface area contributed by atoms with Gasteiger partial charge in [0.2, 0.25) is 5.91 Å². The standard InChI is InChI=1S/C12H22N2O/c1-4-9(2)12(15)14-7-5-6-11(8-14)10(3)13/h4,10-11H,5-8,13H2,1-3H3/b9-4+/t10-,11-/m1/s1. The maximum atomic E-state index is 11.9. The number of carbonyl (C=O) groups is 1. The molecule has 1 fully saturated rings. The van der Waals surface area contributed by atoms with Gasteiger partial charge in [-0.3, -0.25) is 4.79 Å². The molecule has 0 aliphatic carbocycles. The SMILES string of the molecule is C/C=C(\C)C(=O)N1CCC[C@@H]([C@@H](C)N)C1. The number of allylic oxidation sites excluding steroid dienone is 1. The highest BCUT2D eigenvalue weighted by Crippen LogP contribution is 2.20. The number of hydrogen-bond donors (Lipinski definition) is 1. The third-order valence-corrected chi connectivity index (χ3v) is 3.26. The fourth-order valence-electron chi connectivity index (χ4n) is 2.00. The molecule has 2 N–H and O–H groups in total. The van der Waals surface area contributed by atoms with Crippen molar-refractivity contribution in [3.63, 3.8) is 0 Å². The molecule has 0 radical (unpaired) electrons. The molecule has 2 atom stereocenters. The van der Waals surface area contributed by atoms with E-state index < -0.39 is 0 Å². The summed E-state index contributed by atoms with van der Waals surface area (Å²) >= 11 is 0. The van der Waals surface area contributed by atoms with E-state index >= 15 is 0 Å². The van der Waals surface area contributed by atoms with E-state index in [2.05, 4.69) is 0 Å². The summed E-state index contributed by atoms with van der Waals surface area (Å²) in [4.78, 5) is 13.9. The second-order valence-corrected chi connectivity index (χ2v) is 4.48. The third kappa shape index (κ3) is 3.06. The van der Waals surface area contributed by atoms with Crippen LogP contribution in [-0.4, -0.2) is 29.9 Å². The highest BCUT2D eigenvalue weighted by Gasteiger charge is 2.25. The van der Waals surface area contributed by atoms with Crippen LogP contribution in [0, 0.1) is 5.92 Å². The van der Waals surface area contributed by atoms with Gasteiger partial charge in [0.15, 0.2) is 0 Å². The molecule has 15 heavy (non-hydrogen) atoms. The molecule has 0 aromatic carbocycles. The number of nitrogens with two attached hydrogens (primary N) is 1. The Morgan fingerprint density at radius 2 is 2.27 bits per heavy atom. The van der Waals surface area contributed by atoms with Crippen molar-refractivity contribution in [2.45, 2.75) is 39.7 Å². The number of likely N-dealkylation sites (tertiary alicyclic amines) is 1. The van der Waals surface area contributed by atoms with Gasteiger partial charge in [-0.05, 0) is 39.5 Å². The lowest BCUT2D eigenvalue weighted by Crippen LogP contribution is -2.45. The largest absolute Gasteiger partial charge is 0.339 e. The maximum absolute atomic E-state index is 11.9. The molecular weight excluding hydrogens is 188 g/mol. The Morgan fingerprint density at radius 1 is 1.60 bits per heavy atom. The normalized spacial score (nSPS) is 25.2. The molecule has 0 aromatic heterocycles. The molecular formula is C12H22N2O. The van der Waals surface area contributed by atoms with Crippen molar-refractivity contribution in [3.8, 4) is 0 Å². The third-order valence-electron chi connectivity index (χ3n) is 3.26. The Hall–Kier alpha value is -0.830. The molecule has 1 rings (SSSR count). The minimum atomic E-state index is 0.169. The van der Waals surface area contributed by atoms with E-state index in [-0.39, 0.29) is 11.9 Å². The van der Waals surface area contributed by atoms with Crippen molar-refractivity contribution in [3.05, 3.63) is 11.6 Å². The van der Waals surface area contributed by atoms with E-state index in [1.807, 2.05) is 31.7 Å². The monoisotopic (exact) mass is 210 g/mol. The summed E-state index contributed by atoms with van der Waals surface area (Å²) in [6.07, 6.45) is 4.10. The molecule has 1 aliphatic rings. The van der Waals surface area contributed by atoms with Gasteiger partial charge < -0.3 is 10.6 Å². The van der Waals surface area contributed by atoms with E-state index in [0.717, 1.165) is 31.5 Å². The Balaban J connectivity index is 2.60. The number of carbonyl (C=O) groups excluding carboxylic acids is 1. The molecule has 3 nitrogen and oxygen atoms in total. The van der Waals surface area contributed by atoms with Crippen molar-refractivity contribution in [2.75, 3.05) is 13.1 Å². The predicted molar refractivity (Wildman–Crippen MR) is 62.4 cm³/mol. The zero-order valence-electron chi connectivity index (χ0n) is 9.99. The minimum Gasteiger partial charge on any atom is -0.339 e. The molecule has 86 valence electrons. The molecule has 1 saturated heterocycles. The molecule has 3 heteroatoms. The van der Waals surface area contributed by atoms with Crippen LogP contribution in [0.1, 0.15) is 33.6 Å². The molecule has 0 spiro atoms. The first-order chi connectivity index (χ1) is 7.06. The van der Waals surface area contributed by atoms with Crippen molar-refractivity contribution in [1.82, 2.24) is 4.90 Å². The highest BCUT2D eigenvalue weighted by molar-refractivity contribution is 5.92. The van der Waals surface area contributed by atoms with Crippen LogP contribution in [0.3, 0.4) is 0 Å². The van der Waals surface area contributed by atoms with Gasteiger partial charge in [0.25, 0.3) is 0 Å². The van der Waals surface area contributed by atoms with Crippen LogP contribution < -0.4 is 5.73 Å². The molecule has 0 aromatic rings. The van der Waals surface area contributed by atoms with Crippen LogP contribution in [0.15, 0.2) is 11.6 Å². The Labute approximate surface area is 92.3 Å². The number of amides is 1. The van der Waals surface area contributed by atoms with Gasteiger partial charge >= 0.3 is 0 Å². The van der Waals surface area contributed by atoms with Gasteiger partial charge in [-0.1, -0.05) is 6.08 Å². The van der Waals surface area contributed by atoms with Gasteiger partial charge in [0, 0.05) is 24.7 Å². The van der Waals surface area contributed by atoms with E-state index in [1.165, 1.54) is 0 Å². The summed E-state index contributed by atoms with van der Waals surface area (Å²) in [5.74, 6) is 0.634. The minimum absolute atomic E-state index is 0.169. The first kappa shape index (κ1) is 12.2. The second-order valence-electron chi connectivity index (χ2n) is 4.48. The number of hydrogen-bond acceptors (Lipinski definition) is 2. The molecule has 0 saturated carbocycles. The lowest BCUT2D eigenvalue weighted by Gasteiger charge is -2.34. The van der Waals surface area contributed by atoms with Gasteiger partial charge in [-0.25, -0.2) is 0 Å². The van der Waals surface area contributed by atoms with Crippen molar-refractivity contribution >= 4 is 5.91 Å². The zero-order chi connectivity index (χ0) is 11.4. The Bertz CT molecular complexity index is 258. The van der Waals surface area contributed by atoms with E-state index in [1.54, 1.807) is 0 Å².